The zero-order valence-electron chi connectivity index (χ0n) is 10.7. The number of halogens is 1. The predicted octanol–water partition coefficient (Wildman–Crippen LogP) is 2.12. The van der Waals surface area contributed by atoms with Gasteiger partial charge in [-0.15, -0.1) is 0 Å². The van der Waals surface area contributed by atoms with E-state index in [0.717, 1.165) is 4.90 Å². The lowest BCUT2D eigenvalue weighted by Gasteiger charge is -2.04. The van der Waals surface area contributed by atoms with Gasteiger partial charge < -0.3 is 5.32 Å². The molecule has 0 spiro atoms. The molecule has 0 aliphatic rings. The van der Waals surface area contributed by atoms with Crippen LogP contribution in [0.3, 0.4) is 0 Å². The van der Waals surface area contributed by atoms with Crippen LogP contribution in [0.4, 0.5) is 5.95 Å². The first-order chi connectivity index (χ1) is 9.38. The number of benzene rings is 1. The van der Waals surface area contributed by atoms with Crippen LogP contribution in [0, 0.1) is 0 Å². The Bertz CT molecular complexity index is 720. The van der Waals surface area contributed by atoms with Gasteiger partial charge in [-0.3, -0.25) is 0 Å². The summed E-state index contributed by atoms with van der Waals surface area (Å²) < 4.78 is 22.7. The van der Waals surface area contributed by atoms with Gasteiger partial charge >= 0.3 is 0 Å². The van der Waals surface area contributed by atoms with Gasteiger partial charge in [0.15, 0.2) is 15.0 Å². The first kappa shape index (κ1) is 15.0. The summed E-state index contributed by atoms with van der Waals surface area (Å²) in [4.78, 5) is 13.1. The Morgan fingerprint density at radius 3 is 2.35 bits per heavy atom. The first-order valence-corrected chi connectivity index (χ1v) is 8.54. The minimum atomic E-state index is -3.19. The van der Waals surface area contributed by atoms with Crippen molar-refractivity contribution in [1.82, 2.24) is 15.0 Å². The normalized spacial score (nSPS) is 11.3. The van der Waals surface area contributed by atoms with E-state index in [9.17, 15) is 8.42 Å². The van der Waals surface area contributed by atoms with Gasteiger partial charge in [-0.25, -0.2) is 8.42 Å². The lowest BCUT2D eigenvalue weighted by molar-refractivity contribution is 0.602. The molecule has 9 heteroatoms. The Labute approximate surface area is 125 Å². The standard InChI is InChI=1S/C11H11ClN4O2S2/c1-13-10-14-9(12)15-11(16-10)19-7-3-5-8(6-4-7)20(2,17)18/h3-6H,1-2H3,(H,13,14,15,16). The van der Waals surface area contributed by atoms with Crippen molar-refractivity contribution in [2.45, 2.75) is 14.9 Å². The zero-order valence-corrected chi connectivity index (χ0v) is 13.1. The molecule has 0 amide bonds. The summed E-state index contributed by atoms with van der Waals surface area (Å²) in [5, 5.41) is 3.31. The monoisotopic (exact) mass is 330 g/mol. The molecule has 6 nitrogen and oxygen atoms in total. The van der Waals surface area contributed by atoms with E-state index in [1.807, 2.05) is 0 Å². The van der Waals surface area contributed by atoms with Gasteiger partial charge in [0.1, 0.15) is 0 Å². The quantitative estimate of drug-likeness (QED) is 0.919. The summed E-state index contributed by atoms with van der Waals surface area (Å²) in [7, 11) is -1.51. The summed E-state index contributed by atoms with van der Waals surface area (Å²) in [6, 6.07) is 6.47. The molecule has 1 aromatic carbocycles. The van der Waals surface area contributed by atoms with E-state index >= 15 is 0 Å². The largest absolute Gasteiger partial charge is 0.357 e. The molecule has 1 N–H and O–H groups in total. The molecule has 0 unspecified atom stereocenters. The van der Waals surface area contributed by atoms with Gasteiger partial charge in [0.05, 0.1) is 4.90 Å². The fourth-order valence-corrected chi connectivity index (χ4v) is 2.94. The van der Waals surface area contributed by atoms with Crippen LogP contribution in [-0.4, -0.2) is 36.7 Å². The fourth-order valence-electron chi connectivity index (χ4n) is 1.35. The molecular weight excluding hydrogens is 320 g/mol. The van der Waals surface area contributed by atoms with Crippen LogP contribution in [0.5, 0.6) is 0 Å². The predicted molar refractivity (Wildman–Crippen MR) is 78.1 cm³/mol. The van der Waals surface area contributed by atoms with E-state index < -0.39 is 9.84 Å². The first-order valence-electron chi connectivity index (χ1n) is 5.46. The van der Waals surface area contributed by atoms with Crippen LogP contribution in [0.25, 0.3) is 0 Å². The van der Waals surface area contributed by atoms with Crippen LogP contribution in [0.1, 0.15) is 0 Å². The van der Waals surface area contributed by atoms with Crippen molar-refractivity contribution < 1.29 is 8.42 Å². The maximum atomic E-state index is 11.4. The van der Waals surface area contributed by atoms with Crippen LogP contribution in [-0.2, 0) is 9.84 Å². The number of anilines is 1. The Balaban J connectivity index is 2.24. The molecule has 0 aliphatic heterocycles. The highest BCUT2D eigenvalue weighted by atomic mass is 35.5. The molecule has 20 heavy (non-hydrogen) atoms. The van der Waals surface area contributed by atoms with Gasteiger partial charge in [0.25, 0.3) is 0 Å². The second-order valence-corrected chi connectivity index (χ2v) is 7.20. The van der Waals surface area contributed by atoms with E-state index in [1.165, 1.54) is 18.0 Å². The molecular formula is C11H11ClN4O2S2. The summed E-state index contributed by atoms with van der Waals surface area (Å²) in [6.07, 6.45) is 1.17. The summed E-state index contributed by atoms with van der Waals surface area (Å²) in [5.74, 6) is 0.375. The zero-order chi connectivity index (χ0) is 14.8. The number of rotatable bonds is 4. The van der Waals surface area contributed by atoms with Crippen LogP contribution >= 0.6 is 23.4 Å². The number of nitrogens with zero attached hydrogens (tertiary/aromatic N) is 3. The maximum Gasteiger partial charge on any atom is 0.228 e. The van der Waals surface area contributed by atoms with E-state index in [2.05, 4.69) is 20.3 Å². The molecule has 2 aromatic rings. The minimum Gasteiger partial charge on any atom is -0.357 e. The lowest BCUT2D eigenvalue weighted by Crippen LogP contribution is -2.00. The van der Waals surface area contributed by atoms with Crippen molar-refractivity contribution in [3.05, 3.63) is 29.5 Å². The minimum absolute atomic E-state index is 0.0969. The number of aromatic nitrogens is 3. The third kappa shape index (κ3) is 3.81. The smallest absolute Gasteiger partial charge is 0.228 e. The molecule has 1 heterocycles. The van der Waals surface area contributed by atoms with E-state index in [0.29, 0.717) is 11.1 Å². The second-order valence-electron chi connectivity index (χ2n) is 3.81. The number of hydrogen-bond acceptors (Lipinski definition) is 7. The third-order valence-electron chi connectivity index (χ3n) is 2.27. The van der Waals surface area contributed by atoms with Gasteiger partial charge in [-0.2, -0.15) is 15.0 Å². The van der Waals surface area contributed by atoms with E-state index in [1.54, 1.807) is 31.3 Å². The maximum absolute atomic E-state index is 11.4. The van der Waals surface area contributed by atoms with Crippen LogP contribution < -0.4 is 5.32 Å². The summed E-state index contributed by atoms with van der Waals surface area (Å²) >= 11 is 7.05. The Hall–Kier alpha value is -1.38. The van der Waals surface area contributed by atoms with Gasteiger partial charge in [-0.1, -0.05) is 0 Å². The topological polar surface area (TPSA) is 84.8 Å². The molecule has 2 rings (SSSR count). The van der Waals surface area contributed by atoms with Gasteiger partial charge in [-0.05, 0) is 47.6 Å². The lowest BCUT2D eigenvalue weighted by atomic mass is 10.4. The molecule has 0 bridgehead atoms. The average Bonchev–Trinajstić information content (AvgIpc) is 2.37. The Kier molecular flexibility index (Phi) is 4.46. The van der Waals surface area contributed by atoms with E-state index in [-0.39, 0.29) is 10.2 Å². The molecule has 0 aliphatic carbocycles. The molecule has 1 aromatic heterocycles. The summed E-state index contributed by atoms with van der Waals surface area (Å²) in [6.45, 7) is 0. The van der Waals surface area contributed by atoms with Gasteiger partial charge in [0, 0.05) is 18.2 Å². The van der Waals surface area contributed by atoms with E-state index in [4.69, 9.17) is 11.6 Å². The van der Waals surface area contributed by atoms with Crippen LogP contribution in [0.15, 0.2) is 39.2 Å². The highest BCUT2D eigenvalue weighted by Crippen LogP contribution is 2.26. The number of sulfone groups is 1. The molecule has 0 radical (unpaired) electrons. The van der Waals surface area contributed by atoms with Crippen molar-refractivity contribution in [2.24, 2.45) is 0 Å². The van der Waals surface area contributed by atoms with Crippen molar-refractivity contribution in [2.75, 3.05) is 18.6 Å². The molecule has 0 saturated heterocycles. The summed E-state index contributed by atoms with van der Waals surface area (Å²) in [5.41, 5.74) is 0. The highest BCUT2D eigenvalue weighted by molar-refractivity contribution is 7.99. The molecule has 0 saturated carbocycles. The Morgan fingerprint density at radius 2 is 1.80 bits per heavy atom. The van der Waals surface area contributed by atoms with Crippen molar-refractivity contribution in [3.63, 3.8) is 0 Å². The van der Waals surface area contributed by atoms with Gasteiger partial charge in [0.2, 0.25) is 11.2 Å². The number of hydrogen-bond donors (Lipinski definition) is 1. The van der Waals surface area contributed by atoms with Crippen molar-refractivity contribution in [3.8, 4) is 0 Å². The SMILES string of the molecule is CNc1nc(Cl)nc(Sc2ccc(S(C)(=O)=O)cc2)n1. The molecule has 0 fully saturated rings. The van der Waals surface area contributed by atoms with Crippen molar-refractivity contribution >= 4 is 39.1 Å². The molecule has 0 atom stereocenters. The second kappa shape index (κ2) is 5.94. The Morgan fingerprint density at radius 1 is 1.15 bits per heavy atom. The molecule has 106 valence electrons. The highest BCUT2D eigenvalue weighted by Gasteiger charge is 2.09. The number of nitrogens with one attached hydrogen (secondary N) is 1. The van der Waals surface area contributed by atoms with Crippen LogP contribution in [0.2, 0.25) is 5.28 Å². The third-order valence-corrected chi connectivity index (χ3v) is 4.44. The van der Waals surface area contributed by atoms with Crippen molar-refractivity contribution in [1.29, 1.82) is 0 Å². The fraction of sp³-hybridized carbons (Fsp3) is 0.182. The average molecular weight is 331 g/mol.